The van der Waals surface area contributed by atoms with E-state index in [1.54, 1.807) is 6.07 Å². The molecule has 3 nitrogen and oxygen atoms in total. The Morgan fingerprint density at radius 3 is 2.57 bits per heavy atom. The molecule has 0 spiro atoms. The molecule has 2 aliphatic rings. The molecule has 0 amide bonds. The Hall–Kier alpha value is -3.18. The van der Waals surface area contributed by atoms with E-state index in [0.29, 0.717) is 12.0 Å². The molecular formula is C32H36F2N2O. The molecule has 194 valence electrons. The molecule has 1 atom stereocenters. The van der Waals surface area contributed by atoms with Gasteiger partial charge in [0.2, 0.25) is 0 Å². The van der Waals surface area contributed by atoms with E-state index in [-0.39, 0.29) is 18.6 Å². The topological polar surface area (TPSA) is 38.5 Å². The Morgan fingerprint density at radius 1 is 0.973 bits per heavy atom. The minimum atomic E-state index is -0.243. The first-order chi connectivity index (χ1) is 18.0. The van der Waals surface area contributed by atoms with Crippen LogP contribution in [0.5, 0.6) is 5.75 Å². The fourth-order valence-corrected chi connectivity index (χ4v) is 5.69. The fourth-order valence-electron chi connectivity index (χ4n) is 5.69. The average Bonchev–Trinajstić information content (AvgIpc) is 3.24. The molecule has 3 aromatic carbocycles. The highest BCUT2D eigenvalue weighted by atomic mass is 19.1. The van der Waals surface area contributed by atoms with Crippen LogP contribution >= 0.6 is 0 Å². The van der Waals surface area contributed by atoms with Crippen LogP contribution in [0.4, 0.5) is 14.5 Å². The summed E-state index contributed by atoms with van der Waals surface area (Å²) >= 11 is 0. The van der Waals surface area contributed by atoms with Gasteiger partial charge in [-0.2, -0.15) is 0 Å². The van der Waals surface area contributed by atoms with E-state index in [9.17, 15) is 4.39 Å². The van der Waals surface area contributed by atoms with Gasteiger partial charge in [-0.3, -0.25) is 9.29 Å². The lowest BCUT2D eigenvalue weighted by atomic mass is 9.87. The number of aryl methyl sites for hydroxylation is 2. The van der Waals surface area contributed by atoms with Gasteiger partial charge in [0.05, 0.1) is 6.67 Å². The zero-order valence-corrected chi connectivity index (χ0v) is 21.6. The third kappa shape index (κ3) is 5.88. The van der Waals surface area contributed by atoms with Crippen LogP contribution in [-0.2, 0) is 6.42 Å². The van der Waals surface area contributed by atoms with Gasteiger partial charge in [0.15, 0.2) is 0 Å². The molecule has 0 bridgehead atoms. The van der Waals surface area contributed by atoms with Crippen LogP contribution in [-0.4, -0.2) is 37.3 Å². The van der Waals surface area contributed by atoms with Gasteiger partial charge in [-0.15, -0.1) is 0 Å². The highest BCUT2D eigenvalue weighted by Gasteiger charge is 2.25. The fraction of sp³-hybridized carbons (Fsp3) is 0.375. The number of fused-ring (bicyclic) bond motifs is 1. The van der Waals surface area contributed by atoms with Gasteiger partial charge in [-0.25, -0.2) is 4.39 Å². The normalized spacial score (nSPS) is 18.1. The third-order valence-corrected chi connectivity index (χ3v) is 7.56. The average molecular weight is 503 g/mol. The van der Waals surface area contributed by atoms with Gasteiger partial charge < -0.3 is 10.5 Å². The Labute approximate surface area is 218 Å². The van der Waals surface area contributed by atoms with Crippen molar-refractivity contribution in [2.24, 2.45) is 0 Å². The van der Waals surface area contributed by atoms with E-state index < -0.39 is 0 Å². The van der Waals surface area contributed by atoms with Crippen LogP contribution in [0, 0.1) is 12.7 Å². The number of nitrogens with zero attached hydrogens (tertiary/aromatic N) is 1. The van der Waals surface area contributed by atoms with E-state index in [4.69, 9.17) is 10.5 Å². The molecular weight excluding hydrogens is 466 g/mol. The van der Waals surface area contributed by atoms with Gasteiger partial charge in [0.1, 0.15) is 17.7 Å². The summed E-state index contributed by atoms with van der Waals surface area (Å²) in [5.41, 5.74) is 14.0. The van der Waals surface area contributed by atoms with Crippen LogP contribution in [0.1, 0.15) is 59.9 Å². The van der Waals surface area contributed by atoms with Gasteiger partial charge in [0.25, 0.3) is 0 Å². The highest BCUT2D eigenvalue weighted by Crippen LogP contribution is 2.41. The van der Waals surface area contributed by atoms with Crippen molar-refractivity contribution >= 4 is 16.8 Å². The smallest absolute Gasteiger partial charge is 0.130 e. The minimum absolute atomic E-state index is 0.147. The number of unbranched alkanes of at least 4 members (excludes halogenated alkanes) is 1. The molecule has 1 aliphatic carbocycles. The van der Waals surface area contributed by atoms with Crippen LogP contribution in [0.15, 0.2) is 60.7 Å². The van der Waals surface area contributed by atoms with Gasteiger partial charge >= 0.3 is 0 Å². The first-order valence-corrected chi connectivity index (χ1v) is 13.5. The molecule has 1 saturated heterocycles. The van der Waals surface area contributed by atoms with Crippen molar-refractivity contribution in [3.63, 3.8) is 0 Å². The summed E-state index contributed by atoms with van der Waals surface area (Å²) in [5.74, 6) is 0.665. The number of rotatable bonds is 8. The second kappa shape index (κ2) is 11.5. The largest absolute Gasteiger partial charge is 0.489 e. The molecule has 37 heavy (non-hydrogen) atoms. The van der Waals surface area contributed by atoms with Crippen LogP contribution in [0.2, 0.25) is 0 Å². The van der Waals surface area contributed by atoms with Crippen molar-refractivity contribution in [1.82, 2.24) is 4.90 Å². The number of nitrogens with two attached hydrogens (primary N) is 1. The van der Waals surface area contributed by atoms with Crippen molar-refractivity contribution in [2.45, 2.75) is 51.6 Å². The molecule has 5 rings (SSSR count). The van der Waals surface area contributed by atoms with Crippen LogP contribution in [0.3, 0.4) is 0 Å². The summed E-state index contributed by atoms with van der Waals surface area (Å²) in [6.45, 7) is 4.48. The lowest BCUT2D eigenvalue weighted by Gasteiger charge is -2.19. The van der Waals surface area contributed by atoms with Crippen molar-refractivity contribution in [3.05, 3.63) is 94.3 Å². The second-order valence-corrected chi connectivity index (χ2v) is 10.4. The molecule has 3 aromatic rings. The van der Waals surface area contributed by atoms with Crippen molar-refractivity contribution in [3.8, 4) is 5.75 Å². The summed E-state index contributed by atoms with van der Waals surface area (Å²) in [7, 11) is 0. The van der Waals surface area contributed by atoms with E-state index in [2.05, 4.69) is 29.2 Å². The SMILES string of the molecule is Cc1ccc(C2=C(c3ccc(O[C@H]4CCN(CCCCF)C4)cc3)c3ccc(N)cc3CCC2)c(F)c1. The number of ether oxygens (including phenoxy) is 1. The molecule has 0 saturated carbocycles. The number of hydrogen-bond donors (Lipinski definition) is 1. The molecule has 5 heteroatoms. The molecule has 0 radical (unpaired) electrons. The number of alkyl halides is 1. The van der Waals surface area contributed by atoms with Crippen molar-refractivity contribution < 1.29 is 13.5 Å². The summed E-state index contributed by atoms with van der Waals surface area (Å²) in [4.78, 5) is 2.36. The quantitative estimate of drug-likeness (QED) is 0.261. The van der Waals surface area contributed by atoms with Gasteiger partial charge in [-0.05, 0) is 116 Å². The summed E-state index contributed by atoms with van der Waals surface area (Å²) in [6, 6.07) is 19.8. The Kier molecular flexibility index (Phi) is 7.90. The zero-order chi connectivity index (χ0) is 25.8. The van der Waals surface area contributed by atoms with Crippen molar-refractivity contribution in [1.29, 1.82) is 0 Å². The zero-order valence-electron chi connectivity index (χ0n) is 21.6. The summed E-state index contributed by atoms with van der Waals surface area (Å²) in [6.07, 6.45) is 5.29. The molecule has 1 fully saturated rings. The third-order valence-electron chi connectivity index (χ3n) is 7.56. The molecule has 0 aromatic heterocycles. The van der Waals surface area contributed by atoms with Crippen LogP contribution in [0.25, 0.3) is 11.1 Å². The minimum Gasteiger partial charge on any atom is -0.489 e. The lowest BCUT2D eigenvalue weighted by molar-refractivity contribution is 0.199. The second-order valence-electron chi connectivity index (χ2n) is 10.4. The maximum absolute atomic E-state index is 15.2. The van der Waals surface area contributed by atoms with E-state index >= 15 is 4.39 Å². The first-order valence-electron chi connectivity index (χ1n) is 13.5. The monoisotopic (exact) mass is 502 g/mol. The van der Waals surface area contributed by atoms with E-state index in [1.165, 1.54) is 5.56 Å². The first kappa shape index (κ1) is 25.5. The number of halogens is 2. The van der Waals surface area contributed by atoms with Crippen LogP contribution < -0.4 is 10.5 Å². The number of anilines is 1. The molecule has 1 aliphatic heterocycles. The standard InChI is InChI=1S/C32H36F2N2O/c1-22-7-13-29(31(34)19-22)30-6-4-5-24-20-25(35)10-14-28(24)32(30)23-8-11-26(12-9-23)37-27-15-18-36(21-27)17-3-2-16-33/h7-14,19-20,27H,2-6,15-18,21,35H2,1H3/t27-/m0/s1. The number of benzene rings is 3. The van der Waals surface area contributed by atoms with E-state index in [0.717, 1.165) is 91.0 Å². The predicted octanol–water partition coefficient (Wildman–Crippen LogP) is 7.21. The lowest BCUT2D eigenvalue weighted by Crippen LogP contribution is -2.25. The number of nitrogen functional groups attached to an aromatic ring is 1. The molecule has 2 N–H and O–H groups in total. The maximum atomic E-state index is 15.2. The molecule has 0 unspecified atom stereocenters. The van der Waals surface area contributed by atoms with Crippen molar-refractivity contribution in [2.75, 3.05) is 32.0 Å². The molecule has 1 heterocycles. The Morgan fingerprint density at radius 2 is 1.78 bits per heavy atom. The summed E-state index contributed by atoms with van der Waals surface area (Å²) < 4.78 is 33.9. The summed E-state index contributed by atoms with van der Waals surface area (Å²) in [5, 5.41) is 0. The highest BCUT2D eigenvalue weighted by molar-refractivity contribution is 6.00. The Balaban J connectivity index is 1.45. The Bertz CT molecular complexity index is 1270. The number of hydrogen-bond acceptors (Lipinski definition) is 3. The maximum Gasteiger partial charge on any atom is 0.130 e. The number of likely N-dealkylation sites (tertiary alicyclic amines) is 1. The predicted molar refractivity (Wildman–Crippen MR) is 148 cm³/mol. The number of allylic oxidation sites excluding steroid dienone is 1. The van der Waals surface area contributed by atoms with Gasteiger partial charge in [0, 0.05) is 24.3 Å². The van der Waals surface area contributed by atoms with Gasteiger partial charge in [-0.1, -0.05) is 30.3 Å². The van der Waals surface area contributed by atoms with E-state index in [1.807, 2.05) is 37.3 Å².